The molecule has 6 heteroatoms. The van der Waals surface area contributed by atoms with Crippen molar-refractivity contribution in [2.45, 2.75) is 20.3 Å². The molecule has 2 aromatic rings. The molecule has 0 unspecified atom stereocenters. The van der Waals surface area contributed by atoms with Crippen LogP contribution in [0.3, 0.4) is 0 Å². The minimum atomic E-state index is -0.163. The van der Waals surface area contributed by atoms with Gasteiger partial charge in [0.25, 0.3) is 0 Å². The molecule has 0 aromatic heterocycles. The molecule has 0 aliphatic heterocycles. The number of amides is 2. The lowest BCUT2D eigenvalue weighted by Gasteiger charge is -2.10. The van der Waals surface area contributed by atoms with Crippen LogP contribution in [0.5, 0.6) is 5.75 Å². The van der Waals surface area contributed by atoms with Crippen molar-refractivity contribution in [2.24, 2.45) is 5.92 Å². The molecule has 0 radical (unpaired) electrons. The number of anilines is 3. The normalized spacial score (nSPS) is 10.2. The van der Waals surface area contributed by atoms with Crippen molar-refractivity contribution in [1.29, 1.82) is 0 Å². The Morgan fingerprint density at radius 3 is 2.00 bits per heavy atom. The van der Waals surface area contributed by atoms with E-state index in [4.69, 9.17) is 4.74 Å². The van der Waals surface area contributed by atoms with E-state index in [1.54, 1.807) is 30.3 Å². The van der Waals surface area contributed by atoms with Crippen LogP contribution in [0, 0.1) is 5.92 Å². The van der Waals surface area contributed by atoms with E-state index in [-0.39, 0.29) is 18.4 Å². The van der Waals surface area contributed by atoms with E-state index in [9.17, 15) is 9.59 Å². The van der Waals surface area contributed by atoms with Gasteiger partial charge in [0.05, 0.1) is 6.54 Å². The number of benzene rings is 2. The van der Waals surface area contributed by atoms with Crippen molar-refractivity contribution in [1.82, 2.24) is 0 Å². The molecule has 0 saturated heterocycles. The van der Waals surface area contributed by atoms with Gasteiger partial charge in [-0.2, -0.15) is 0 Å². The second-order valence-corrected chi connectivity index (χ2v) is 6.75. The van der Waals surface area contributed by atoms with Gasteiger partial charge in [-0.3, -0.25) is 9.59 Å². The van der Waals surface area contributed by atoms with Crippen LogP contribution in [0.2, 0.25) is 0 Å². The lowest BCUT2D eigenvalue weighted by molar-refractivity contribution is -0.117. The van der Waals surface area contributed by atoms with Crippen LogP contribution in [-0.4, -0.2) is 25.0 Å². The second-order valence-electron chi connectivity index (χ2n) is 6.75. The Labute approximate surface area is 166 Å². The highest BCUT2D eigenvalue weighted by Gasteiger charge is 2.06. The Kier molecular flexibility index (Phi) is 8.09. The zero-order chi connectivity index (χ0) is 20.4. The van der Waals surface area contributed by atoms with E-state index in [1.165, 1.54) is 0 Å². The zero-order valence-corrected chi connectivity index (χ0v) is 16.3. The molecule has 2 rings (SSSR count). The highest BCUT2D eigenvalue weighted by Crippen LogP contribution is 2.16. The number of carbonyl (C=O) groups excluding carboxylic acids is 2. The van der Waals surface area contributed by atoms with E-state index in [2.05, 4.69) is 22.5 Å². The Hall–Kier alpha value is -3.28. The number of carbonyl (C=O) groups is 2. The van der Waals surface area contributed by atoms with Crippen molar-refractivity contribution in [3.8, 4) is 5.75 Å². The van der Waals surface area contributed by atoms with Gasteiger partial charge in [-0.1, -0.05) is 26.5 Å². The number of ether oxygens (including phenoxy) is 1. The molecule has 0 saturated carbocycles. The van der Waals surface area contributed by atoms with E-state index < -0.39 is 0 Å². The number of hydrogen-bond acceptors (Lipinski definition) is 4. The lowest BCUT2D eigenvalue weighted by atomic mass is 10.1. The molecule has 28 heavy (non-hydrogen) atoms. The largest absolute Gasteiger partial charge is 0.490 e. The first-order valence-corrected chi connectivity index (χ1v) is 9.23. The molecule has 148 valence electrons. The Balaban J connectivity index is 1.78. The maximum absolute atomic E-state index is 12.1. The molecular weight excluding hydrogens is 354 g/mol. The molecule has 0 fully saturated rings. The van der Waals surface area contributed by atoms with Crippen LogP contribution in [-0.2, 0) is 9.59 Å². The van der Waals surface area contributed by atoms with Crippen molar-refractivity contribution >= 4 is 28.9 Å². The predicted molar refractivity (Wildman–Crippen MR) is 114 cm³/mol. The topological polar surface area (TPSA) is 79.5 Å². The molecule has 6 nitrogen and oxygen atoms in total. The number of nitrogens with one attached hydrogen (secondary N) is 3. The summed E-state index contributed by atoms with van der Waals surface area (Å²) in [6, 6.07) is 14.4. The lowest BCUT2D eigenvalue weighted by Crippen LogP contribution is -2.21. The molecule has 0 spiro atoms. The fourth-order valence-electron chi connectivity index (χ4n) is 2.43. The Morgan fingerprint density at radius 1 is 0.929 bits per heavy atom. The Bertz CT molecular complexity index is 784. The molecule has 2 aromatic carbocycles. The summed E-state index contributed by atoms with van der Waals surface area (Å²) in [6.45, 7) is 8.19. The van der Waals surface area contributed by atoms with Crippen LogP contribution < -0.4 is 20.7 Å². The summed E-state index contributed by atoms with van der Waals surface area (Å²) in [4.78, 5) is 23.9. The molecular formula is C22H27N3O3. The monoisotopic (exact) mass is 381 g/mol. The van der Waals surface area contributed by atoms with Gasteiger partial charge in [0.15, 0.2) is 0 Å². The predicted octanol–water partition coefficient (Wildman–Crippen LogP) is 4.29. The quantitative estimate of drug-likeness (QED) is 0.537. The van der Waals surface area contributed by atoms with Crippen molar-refractivity contribution in [3.05, 3.63) is 61.2 Å². The molecule has 2 amide bonds. The van der Waals surface area contributed by atoms with E-state index >= 15 is 0 Å². The number of rotatable bonds is 10. The molecule has 3 N–H and O–H groups in total. The Morgan fingerprint density at radius 2 is 1.46 bits per heavy atom. The van der Waals surface area contributed by atoms with Gasteiger partial charge < -0.3 is 20.7 Å². The smallest absolute Gasteiger partial charge is 0.243 e. The van der Waals surface area contributed by atoms with Crippen LogP contribution in [0.15, 0.2) is 61.2 Å². The molecule has 0 aliphatic carbocycles. The summed E-state index contributed by atoms with van der Waals surface area (Å²) in [5.74, 6) is 0.873. The maximum Gasteiger partial charge on any atom is 0.243 e. The molecule has 0 atom stereocenters. The SMILES string of the molecule is C=CCOc1ccc(NCC(=O)Nc2ccc(NC(=O)CC(C)C)cc2)cc1. The summed E-state index contributed by atoms with van der Waals surface area (Å²) in [5, 5.41) is 8.71. The van der Waals surface area contributed by atoms with Gasteiger partial charge in [-0.05, 0) is 54.4 Å². The van der Waals surface area contributed by atoms with Gasteiger partial charge in [0, 0.05) is 23.5 Å². The van der Waals surface area contributed by atoms with E-state index in [0.717, 1.165) is 11.4 Å². The first kappa shape index (κ1) is 21.0. The third kappa shape index (κ3) is 7.53. The first-order chi connectivity index (χ1) is 13.5. The van der Waals surface area contributed by atoms with Crippen LogP contribution >= 0.6 is 0 Å². The van der Waals surface area contributed by atoms with E-state index in [1.807, 2.05) is 38.1 Å². The maximum atomic E-state index is 12.1. The average Bonchev–Trinajstić information content (AvgIpc) is 2.66. The van der Waals surface area contributed by atoms with Gasteiger partial charge in [-0.15, -0.1) is 0 Å². The fourth-order valence-corrected chi connectivity index (χ4v) is 2.43. The van der Waals surface area contributed by atoms with Gasteiger partial charge in [0.1, 0.15) is 12.4 Å². The summed E-state index contributed by atoms with van der Waals surface area (Å²) < 4.78 is 5.42. The third-order valence-corrected chi connectivity index (χ3v) is 3.72. The molecule has 0 bridgehead atoms. The van der Waals surface area contributed by atoms with Crippen molar-refractivity contribution in [2.75, 3.05) is 29.1 Å². The molecule has 0 aliphatic rings. The summed E-state index contributed by atoms with van der Waals surface area (Å²) in [5.41, 5.74) is 2.20. The minimum Gasteiger partial charge on any atom is -0.490 e. The van der Waals surface area contributed by atoms with Gasteiger partial charge in [0.2, 0.25) is 11.8 Å². The summed E-state index contributed by atoms with van der Waals surface area (Å²) >= 11 is 0. The standard InChI is InChI=1S/C22H27N3O3/c1-4-13-28-20-11-9-17(10-12-20)23-15-22(27)25-19-7-5-18(6-8-19)24-21(26)14-16(2)3/h4-12,16,23H,1,13-15H2,2-3H3,(H,24,26)(H,25,27). The first-order valence-electron chi connectivity index (χ1n) is 9.23. The number of hydrogen-bond donors (Lipinski definition) is 3. The van der Waals surface area contributed by atoms with Crippen LogP contribution in [0.1, 0.15) is 20.3 Å². The second kappa shape index (κ2) is 10.8. The average molecular weight is 381 g/mol. The van der Waals surface area contributed by atoms with E-state index in [0.29, 0.717) is 30.3 Å². The van der Waals surface area contributed by atoms with Gasteiger partial charge in [-0.25, -0.2) is 0 Å². The summed E-state index contributed by atoms with van der Waals surface area (Å²) in [7, 11) is 0. The highest BCUT2D eigenvalue weighted by molar-refractivity contribution is 5.94. The molecule has 0 heterocycles. The third-order valence-electron chi connectivity index (χ3n) is 3.72. The van der Waals surface area contributed by atoms with Crippen LogP contribution in [0.25, 0.3) is 0 Å². The fraction of sp³-hybridized carbons (Fsp3) is 0.273. The van der Waals surface area contributed by atoms with Crippen molar-refractivity contribution < 1.29 is 14.3 Å². The van der Waals surface area contributed by atoms with Gasteiger partial charge >= 0.3 is 0 Å². The van der Waals surface area contributed by atoms with Crippen LogP contribution in [0.4, 0.5) is 17.1 Å². The summed E-state index contributed by atoms with van der Waals surface area (Å²) in [6.07, 6.45) is 2.16. The minimum absolute atomic E-state index is 0.0168. The van der Waals surface area contributed by atoms with Crippen molar-refractivity contribution in [3.63, 3.8) is 0 Å². The highest BCUT2D eigenvalue weighted by atomic mass is 16.5. The zero-order valence-electron chi connectivity index (χ0n) is 16.3.